The van der Waals surface area contributed by atoms with Gasteiger partial charge in [0.15, 0.2) is 0 Å². The maximum atomic E-state index is 13.4. The predicted molar refractivity (Wildman–Crippen MR) is 105 cm³/mol. The van der Waals surface area contributed by atoms with E-state index < -0.39 is 0 Å². The first-order valence-electron chi connectivity index (χ1n) is 10.9. The number of hydrogen-bond donors (Lipinski definition) is 0. The number of carbonyl (C=O) groups excluding carboxylic acids is 1. The van der Waals surface area contributed by atoms with Gasteiger partial charge in [0.05, 0.1) is 11.6 Å². The Labute approximate surface area is 166 Å². The molecule has 0 saturated carbocycles. The maximum Gasteiger partial charge on any atom is 0.230 e. The Morgan fingerprint density at radius 1 is 1.04 bits per heavy atom. The molecular weight excluding hydrogens is 352 g/mol. The summed E-state index contributed by atoms with van der Waals surface area (Å²) in [5.74, 6) is 2.83. The molecule has 3 aliphatic rings. The third-order valence-electron chi connectivity index (χ3n) is 6.75. The van der Waals surface area contributed by atoms with E-state index in [4.69, 9.17) is 0 Å². The third-order valence-corrected chi connectivity index (χ3v) is 6.75. The lowest BCUT2D eigenvalue weighted by Crippen LogP contribution is -2.42. The van der Waals surface area contributed by atoms with E-state index in [2.05, 4.69) is 31.0 Å². The largest absolute Gasteiger partial charge is 0.341 e. The molecule has 2 atom stereocenters. The van der Waals surface area contributed by atoms with Gasteiger partial charge in [0.2, 0.25) is 5.91 Å². The Morgan fingerprint density at radius 2 is 1.96 bits per heavy atom. The van der Waals surface area contributed by atoms with Gasteiger partial charge in [0.25, 0.3) is 0 Å². The first-order chi connectivity index (χ1) is 13.7. The van der Waals surface area contributed by atoms with E-state index in [1.54, 1.807) is 0 Å². The number of piperidine rings is 1. The summed E-state index contributed by atoms with van der Waals surface area (Å²) in [6, 6.07) is 0. The summed E-state index contributed by atoms with van der Waals surface area (Å²) in [4.78, 5) is 15.5. The summed E-state index contributed by atoms with van der Waals surface area (Å²) >= 11 is 0. The van der Waals surface area contributed by atoms with Crippen LogP contribution in [0.25, 0.3) is 0 Å². The summed E-state index contributed by atoms with van der Waals surface area (Å²) in [6.07, 6.45) is 11.9. The average Bonchev–Trinajstić information content (AvgIpc) is 3.22. The molecule has 5 rings (SSSR count). The molecule has 1 fully saturated rings. The Kier molecular flexibility index (Phi) is 4.69. The number of fused-ring (bicyclic) bond motifs is 2. The summed E-state index contributed by atoms with van der Waals surface area (Å²) in [5, 5.41) is 13.6. The number of carbonyl (C=O) groups is 1. The molecule has 2 unspecified atom stereocenters. The van der Waals surface area contributed by atoms with Gasteiger partial charge in [-0.2, -0.15) is 5.10 Å². The first-order valence-corrected chi connectivity index (χ1v) is 10.9. The van der Waals surface area contributed by atoms with E-state index in [1.807, 2.05) is 11.7 Å². The van der Waals surface area contributed by atoms with E-state index in [1.165, 1.54) is 19.3 Å². The van der Waals surface area contributed by atoms with Crippen molar-refractivity contribution in [2.75, 3.05) is 13.1 Å². The smallest absolute Gasteiger partial charge is 0.230 e. The third kappa shape index (κ3) is 3.14. The first kappa shape index (κ1) is 17.9. The second-order valence-electron chi connectivity index (χ2n) is 8.71. The average molecular weight is 383 g/mol. The Bertz CT molecular complexity index is 868. The number of nitrogens with zero attached hydrogens (tertiary/aromatic N) is 6. The van der Waals surface area contributed by atoms with Crippen LogP contribution in [0, 0.1) is 0 Å². The zero-order valence-electron chi connectivity index (χ0n) is 16.8. The molecule has 2 aromatic heterocycles. The summed E-state index contributed by atoms with van der Waals surface area (Å²) < 4.78 is 4.21. The minimum Gasteiger partial charge on any atom is -0.341 e. The van der Waals surface area contributed by atoms with Gasteiger partial charge in [-0.1, -0.05) is 6.42 Å². The topological polar surface area (TPSA) is 68.8 Å². The molecule has 28 heavy (non-hydrogen) atoms. The van der Waals surface area contributed by atoms with Gasteiger partial charge in [-0.25, -0.2) is 0 Å². The SMILES string of the molecule is Cn1cc2c(n1)CCCC2C(=O)N1CCCC(c2nnc3n2CCCCC3)C1. The van der Waals surface area contributed by atoms with Crippen molar-refractivity contribution in [1.82, 2.24) is 29.4 Å². The molecule has 0 bridgehead atoms. The van der Waals surface area contributed by atoms with Crippen molar-refractivity contribution < 1.29 is 4.79 Å². The van der Waals surface area contributed by atoms with Crippen LogP contribution in [0.4, 0.5) is 0 Å². The van der Waals surface area contributed by atoms with Crippen LogP contribution in [0.15, 0.2) is 6.20 Å². The lowest BCUT2D eigenvalue weighted by atomic mass is 9.85. The molecule has 2 aliphatic heterocycles. The number of rotatable bonds is 2. The number of likely N-dealkylation sites (tertiary alicyclic amines) is 1. The van der Waals surface area contributed by atoms with Gasteiger partial charge in [-0.15, -0.1) is 10.2 Å². The molecule has 1 saturated heterocycles. The summed E-state index contributed by atoms with van der Waals surface area (Å²) in [6.45, 7) is 2.68. The van der Waals surface area contributed by atoms with E-state index in [9.17, 15) is 4.79 Å². The number of aromatic nitrogens is 5. The molecule has 7 nitrogen and oxygen atoms in total. The van der Waals surface area contributed by atoms with Gasteiger partial charge in [-0.05, 0) is 44.9 Å². The highest BCUT2D eigenvalue weighted by molar-refractivity contribution is 5.84. The minimum absolute atomic E-state index is 0.0216. The van der Waals surface area contributed by atoms with E-state index in [0.717, 1.165) is 81.1 Å². The van der Waals surface area contributed by atoms with Crippen molar-refractivity contribution >= 4 is 5.91 Å². The zero-order chi connectivity index (χ0) is 19.1. The van der Waals surface area contributed by atoms with Gasteiger partial charge in [0, 0.05) is 50.8 Å². The highest BCUT2D eigenvalue weighted by atomic mass is 16.2. The molecule has 0 radical (unpaired) electrons. The van der Waals surface area contributed by atoms with E-state index >= 15 is 0 Å². The normalized spacial score (nSPS) is 25.1. The summed E-state index contributed by atoms with van der Waals surface area (Å²) in [5.41, 5.74) is 2.26. The van der Waals surface area contributed by atoms with Crippen LogP contribution in [0.2, 0.25) is 0 Å². The van der Waals surface area contributed by atoms with Crippen molar-refractivity contribution in [3.05, 3.63) is 29.1 Å². The highest BCUT2D eigenvalue weighted by Crippen LogP contribution is 2.35. The van der Waals surface area contributed by atoms with Crippen molar-refractivity contribution in [2.45, 2.75) is 76.2 Å². The molecule has 2 aromatic rings. The predicted octanol–water partition coefficient (Wildman–Crippen LogP) is 2.56. The number of amides is 1. The molecular formula is C21H30N6O. The standard InChI is InChI=1S/C21H30N6O/c1-25-14-17-16(8-5-9-18(17)24-25)21(28)26-11-6-7-15(13-26)20-23-22-19-10-3-2-4-12-27(19)20/h14-16H,2-13H2,1H3. The Balaban J connectivity index is 1.35. The Morgan fingerprint density at radius 3 is 2.89 bits per heavy atom. The van der Waals surface area contributed by atoms with Gasteiger partial charge >= 0.3 is 0 Å². The lowest BCUT2D eigenvalue weighted by Gasteiger charge is -2.35. The van der Waals surface area contributed by atoms with E-state index in [0.29, 0.717) is 5.92 Å². The second-order valence-corrected chi connectivity index (χ2v) is 8.71. The fourth-order valence-corrected chi connectivity index (χ4v) is 5.34. The van der Waals surface area contributed by atoms with Crippen molar-refractivity contribution in [3.63, 3.8) is 0 Å². The van der Waals surface area contributed by atoms with Crippen LogP contribution >= 0.6 is 0 Å². The maximum absolute atomic E-state index is 13.4. The van der Waals surface area contributed by atoms with E-state index in [-0.39, 0.29) is 11.8 Å². The lowest BCUT2D eigenvalue weighted by molar-refractivity contribution is -0.134. The molecule has 0 spiro atoms. The minimum atomic E-state index is -0.0216. The van der Waals surface area contributed by atoms with Crippen LogP contribution in [0.3, 0.4) is 0 Å². The molecule has 0 N–H and O–H groups in total. The van der Waals surface area contributed by atoms with Crippen molar-refractivity contribution in [3.8, 4) is 0 Å². The summed E-state index contributed by atoms with van der Waals surface area (Å²) in [7, 11) is 1.95. The van der Waals surface area contributed by atoms with Crippen molar-refractivity contribution in [2.24, 2.45) is 7.05 Å². The van der Waals surface area contributed by atoms with Gasteiger partial charge in [0.1, 0.15) is 11.6 Å². The molecule has 1 amide bonds. The fourth-order valence-electron chi connectivity index (χ4n) is 5.34. The zero-order valence-corrected chi connectivity index (χ0v) is 16.8. The Hall–Kier alpha value is -2.18. The van der Waals surface area contributed by atoms with Crippen LogP contribution in [0.1, 0.15) is 79.7 Å². The number of hydrogen-bond acceptors (Lipinski definition) is 4. The molecule has 4 heterocycles. The highest BCUT2D eigenvalue weighted by Gasteiger charge is 2.35. The fraction of sp³-hybridized carbons (Fsp3) is 0.714. The molecule has 7 heteroatoms. The van der Waals surface area contributed by atoms with Crippen LogP contribution in [0.5, 0.6) is 0 Å². The monoisotopic (exact) mass is 382 g/mol. The number of aryl methyl sites for hydroxylation is 3. The van der Waals surface area contributed by atoms with Crippen molar-refractivity contribution in [1.29, 1.82) is 0 Å². The molecule has 1 aliphatic carbocycles. The molecule has 0 aromatic carbocycles. The van der Waals surface area contributed by atoms with Crippen LogP contribution < -0.4 is 0 Å². The second kappa shape index (κ2) is 7.33. The van der Waals surface area contributed by atoms with Gasteiger partial charge in [-0.3, -0.25) is 9.48 Å². The van der Waals surface area contributed by atoms with Crippen LogP contribution in [-0.2, 0) is 31.2 Å². The quantitative estimate of drug-likeness (QED) is 0.800. The molecule has 150 valence electrons. The van der Waals surface area contributed by atoms with Crippen LogP contribution in [-0.4, -0.2) is 48.4 Å². The van der Waals surface area contributed by atoms with Gasteiger partial charge < -0.3 is 9.47 Å².